The fourth-order valence-corrected chi connectivity index (χ4v) is 2.99. The van der Waals surface area contributed by atoms with Crippen LogP contribution < -0.4 is 5.32 Å². The Kier molecular flexibility index (Phi) is 5.63. The van der Waals surface area contributed by atoms with Crippen molar-refractivity contribution in [3.8, 4) is 0 Å². The summed E-state index contributed by atoms with van der Waals surface area (Å²) in [5.41, 5.74) is -0.0505. The zero-order valence-electron chi connectivity index (χ0n) is 12.2. The highest BCUT2D eigenvalue weighted by molar-refractivity contribution is 5.75. The van der Waals surface area contributed by atoms with E-state index in [2.05, 4.69) is 26.1 Å². The van der Waals surface area contributed by atoms with Crippen LogP contribution >= 0.6 is 0 Å². The van der Waals surface area contributed by atoms with Gasteiger partial charge in [-0.1, -0.05) is 13.8 Å². The van der Waals surface area contributed by atoms with Gasteiger partial charge in [0.25, 0.3) is 0 Å². The Labute approximate surface area is 115 Å². The molecule has 0 aromatic carbocycles. The Morgan fingerprint density at radius 1 is 1.42 bits per heavy atom. The zero-order chi connectivity index (χ0) is 14.5. The molecule has 1 saturated heterocycles. The Bertz CT molecular complexity index is 331. The molecule has 0 radical (unpaired) electrons. The molecule has 0 aliphatic carbocycles. The second kappa shape index (κ2) is 6.78. The number of carbonyl (C=O) groups excluding carboxylic acids is 1. The number of hydrogen-bond donors (Lipinski definition) is 2. The summed E-state index contributed by atoms with van der Waals surface area (Å²) in [6, 6.07) is -0.0500. The molecule has 1 aliphatic rings. The van der Waals surface area contributed by atoms with E-state index in [1.54, 1.807) is 0 Å². The van der Waals surface area contributed by atoms with E-state index in [1.807, 2.05) is 4.90 Å². The predicted octanol–water partition coefficient (Wildman–Crippen LogP) is 2.46. The fourth-order valence-electron chi connectivity index (χ4n) is 2.99. The van der Waals surface area contributed by atoms with Crippen LogP contribution in [0, 0.1) is 5.92 Å². The van der Waals surface area contributed by atoms with Crippen molar-refractivity contribution in [1.82, 2.24) is 10.2 Å². The van der Waals surface area contributed by atoms with E-state index >= 15 is 0 Å². The highest BCUT2D eigenvalue weighted by Crippen LogP contribution is 2.34. The van der Waals surface area contributed by atoms with Crippen LogP contribution in [0.15, 0.2) is 0 Å². The van der Waals surface area contributed by atoms with Gasteiger partial charge in [0.2, 0.25) is 0 Å². The molecule has 19 heavy (non-hydrogen) atoms. The van der Waals surface area contributed by atoms with E-state index in [-0.39, 0.29) is 18.0 Å². The number of rotatable bonds is 6. The summed E-state index contributed by atoms with van der Waals surface area (Å²) in [5, 5.41) is 11.4. The largest absolute Gasteiger partial charge is 0.481 e. The van der Waals surface area contributed by atoms with Gasteiger partial charge in [-0.2, -0.15) is 0 Å². The van der Waals surface area contributed by atoms with Crippen molar-refractivity contribution in [3.63, 3.8) is 0 Å². The first-order valence-electron chi connectivity index (χ1n) is 7.12. The summed E-state index contributed by atoms with van der Waals surface area (Å²) in [6.07, 6.45) is 3.69. The topological polar surface area (TPSA) is 69.6 Å². The average molecular weight is 270 g/mol. The van der Waals surface area contributed by atoms with Gasteiger partial charge in [0, 0.05) is 25.0 Å². The molecule has 0 saturated carbocycles. The normalized spacial score (nSPS) is 22.8. The third kappa shape index (κ3) is 4.73. The van der Waals surface area contributed by atoms with E-state index in [0.717, 1.165) is 25.8 Å². The van der Waals surface area contributed by atoms with Crippen LogP contribution in [-0.2, 0) is 4.79 Å². The second-order valence-electron chi connectivity index (χ2n) is 6.08. The number of hydrogen-bond acceptors (Lipinski definition) is 2. The summed E-state index contributed by atoms with van der Waals surface area (Å²) < 4.78 is 0. The molecule has 1 fully saturated rings. The van der Waals surface area contributed by atoms with Gasteiger partial charge in [0.15, 0.2) is 0 Å². The Morgan fingerprint density at radius 3 is 2.68 bits per heavy atom. The zero-order valence-corrected chi connectivity index (χ0v) is 12.2. The van der Waals surface area contributed by atoms with E-state index in [1.165, 1.54) is 0 Å². The summed E-state index contributed by atoms with van der Waals surface area (Å²) in [6.45, 7) is 7.73. The van der Waals surface area contributed by atoms with E-state index < -0.39 is 5.97 Å². The molecule has 5 nitrogen and oxygen atoms in total. The minimum Gasteiger partial charge on any atom is -0.481 e. The molecule has 1 atom stereocenters. The highest BCUT2D eigenvalue weighted by atomic mass is 16.4. The number of likely N-dealkylation sites (tertiary alicyclic amines) is 1. The third-order valence-corrected chi connectivity index (χ3v) is 3.69. The van der Waals surface area contributed by atoms with E-state index in [4.69, 9.17) is 5.11 Å². The highest BCUT2D eigenvalue weighted by Gasteiger charge is 2.39. The molecular weight excluding hydrogens is 244 g/mol. The molecule has 2 N–H and O–H groups in total. The lowest BCUT2D eigenvalue weighted by Gasteiger charge is -2.36. The molecule has 0 spiro atoms. The number of urea groups is 1. The van der Waals surface area contributed by atoms with Crippen molar-refractivity contribution >= 4 is 12.0 Å². The van der Waals surface area contributed by atoms with E-state index in [9.17, 15) is 9.59 Å². The quantitative estimate of drug-likeness (QED) is 0.728. The van der Waals surface area contributed by atoms with Crippen molar-refractivity contribution < 1.29 is 14.7 Å². The first-order valence-corrected chi connectivity index (χ1v) is 7.12. The van der Waals surface area contributed by atoms with Gasteiger partial charge in [-0.15, -0.1) is 0 Å². The molecule has 0 aromatic heterocycles. The fraction of sp³-hybridized carbons (Fsp3) is 0.857. The first-order chi connectivity index (χ1) is 8.85. The van der Waals surface area contributed by atoms with Crippen molar-refractivity contribution in [2.75, 3.05) is 13.1 Å². The number of carbonyl (C=O) groups is 2. The molecule has 110 valence electrons. The SMILES string of the molecule is CC(C)CC1(C)CCCN1C(=O)NCCCC(=O)O. The maximum absolute atomic E-state index is 12.2. The lowest BCUT2D eigenvalue weighted by atomic mass is 9.88. The van der Waals surface area contributed by atoms with Crippen LogP contribution in [0.4, 0.5) is 4.79 Å². The summed E-state index contributed by atoms with van der Waals surface area (Å²) in [4.78, 5) is 24.5. The first kappa shape index (κ1) is 15.8. The van der Waals surface area contributed by atoms with Gasteiger partial charge in [0.05, 0.1) is 0 Å². The standard InChI is InChI=1S/C14H26N2O3/c1-11(2)10-14(3)7-5-9-16(14)13(19)15-8-4-6-12(17)18/h11H,4-10H2,1-3H3,(H,15,19)(H,17,18). The van der Waals surface area contributed by atoms with Crippen LogP contribution in [0.3, 0.4) is 0 Å². The Balaban J connectivity index is 2.44. The molecular formula is C14H26N2O3. The lowest BCUT2D eigenvalue weighted by Crippen LogP contribution is -2.50. The second-order valence-corrected chi connectivity index (χ2v) is 6.08. The minimum atomic E-state index is -0.819. The summed E-state index contributed by atoms with van der Waals surface area (Å²) >= 11 is 0. The lowest BCUT2D eigenvalue weighted by molar-refractivity contribution is -0.137. The Hall–Kier alpha value is -1.26. The monoisotopic (exact) mass is 270 g/mol. The average Bonchev–Trinajstić information content (AvgIpc) is 2.64. The molecule has 5 heteroatoms. The van der Waals surface area contributed by atoms with Crippen molar-refractivity contribution in [1.29, 1.82) is 0 Å². The maximum atomic E-state index is 12.2. The number of aliphatic carboxylic acids is 1. The summed E-state index contributed by atoms with van der Waals surface area (Å²) in [5.74, 6) is -0.259. The summed E-state index contributed by atoms with van der Waals surface area (Å²) in [7, 11) is 0. The van der Waals surface area contributed by atoms with Gasteiger partial charge in [0.1, 0.15) is 0 Å². The molecule has 0 bridgehead atoms. The van der Waals surface area contributed by atoms with Gasteiger partial charge in [-0.25, -0.2) is 4.79 Å². The number of nitrogens with zero attached hydrogens (tertiary/aromatic N) is 1. The van der Waals surface area contributed by atoms with Crippen LogP contribution in [0.2, 0.25) is 0 Å². The Morgan fingerprint density at radius 2 is 2.11 bits per heavy atom. The van der Waals surface area contributed by atoms with Gasteiger partial charge in [-0.05, 0) is 38.5 Å². The maximum Gasteiger partial charge on any atom is 0.317 e. The molecule has 0 aromatic rings. The van der Waals surface area contributed by atoms with Gasteiger partial charge in [-0.3, -0.25) is 4.79 Å². The number of carboxylic acids is 1. The van der Waals surface area contributed by atoms with Crippen LogP contribution in [0.25, 0.3) is 0 Å². The molecule has 1 unspecified atom stereocenters. The number of nitrogens with one attached hydrogen (secondary N) is 1. The predicted molar refractivity (Wildman–Crippen MR) is 74.1 cm³/mol. The molecule has 1 heterocycles. The smallest absolute Gasteiger partial charge is 0.317 e. The molecule has 2 amide bonds. The van der Waals surface area contributed by atoms with E-state index in [0.29, 0.717) is 18.9 Å². The van der Waals surface area contributed by atoms with Crippen molar-refractivity contribution in [2.45, 2.75) is 58.4 Å². The van der Waals surface area contributed by atoms with Crippen LogP contribution in [-0.4, -0.2) is 40.6 Å². The van der Waals surface area contributed by atoms with Gasteiger partial charge >= 0.3 is 12.0 Å². The van der Waals surface area contributed by atoms with Crippen molar-refractivity contribution in [2.24, 2.45) is 5.92 Å². The minimum absolute atomic E-state index is 0.0500. The van der Waals surface area contributed by atoms with Crippen LogP contribution in [0.5, 0.6) is 0 Å². The van der Waals surface area contributed by atoms with Crippen molar-refractivity contribution in [3.05, 3.63) is 0 Å². The van der Waals surface area contributed by atoms with Crippen LogP contribution in [0.1, 0.15) is 52.9 Å². The molecule has 1 rings (SSSR count). The molecule has 1 aliphatic heterocycles. The van der Waals surface area contributed by atoms with Gasteiger partial charge < -0.3 is 15.3 Å². The third-order valence-electron chi connectivity index (χ3n) is 3.69. The number of carboxylic acid groups (broad SMARTS) is 1. The number of amides is 2.